The van der Waals surface area contributed by atoms with Gasteiger partial charge < -0.3 is 5.32 Å². The summed E-state index contributed by atoms with van der Waals surface area (Å²) in [6.07, 6.45) is 0.767. The van der Waals surface area contributed by atoms with E-state index in [-0.39, 0.29) is 12.3 Å². The fraction of sp³-hybridized carbons (Fsp3) is 0.188. The molecule has 2 atom stereocenters. The smallest absolute Gasteiger partial charge is 0.231 e. The zero-order valence-corrected chi connectivity index (χ0v) is 14.4. The van der Waals surface area contributed by atoms with Gasteiger partial charge in [0, 0.05) is 11.8 Å². The third-order valence-electron chi connectivity index (χ3n) is 3.77. The highest BCUT2D eigenvalue weighted by atomic mass is 35.5. The van der Waals surface area contributed by atoms with Gasteiger partial charge in [-0.3, -0.25) is 4.79 Å². The largest absolute Gasteiger partial charge is 0.309 e. The van der Waals surface area contributed by atoms with Gasteiger partial charge in [0.1, 0.15) is 11.2 Å². The highest BCUT2D eigenvalue weighted by Crippen LogP contribution is 2.41. The van der Waals surface area contributed by atoms with Gasteiger partial charge in [0.05, 0.1) is 26.2 Å². The Kier molecular flexibility index (Phi) is 3.90. The normalized spacial score (nSPS) is 19.5. The van der Waals surface area contributed by atoms with Gasteiger partial charge in [-0.05, 0) is 24.6 Å². The van der Waals surface area contributed by atoms with Crippen LogP contribution in [-0.4, -0.2) is 22.0 Å². The van der Waals surface area contributed by atoms with E-state index in [1.54, 1.807) is 30.5 Å². The van der Waals surface area contributed by atoms with Crippen LogP contribution in [0.5, 0.6) is 0 Å². The summed E-state index contributed by atoms with van der Waals surface area (Å²) in [6.45, 7) is 0. The Hall–Kier alpha value is -1.76. The molecule has 24 heavy (non-hydrogen) atoms. The highest BCUT2D eigenvalue weighted by Gasteiger charge is 2.43. The predicted octanol–water partition coefficient (Wildman–Crippen LogP) is 4.96. The molecule has 1 fully saturated rings. The van der Waals surface area contributed by atoms with Crippen LogP contribution in [0, 0.1) is 5.92 Å². The molecule has 4 nitrogen and oxygen atoms in total. The Labute approximate surface area is 150 Å². The first-order valence-corrected chi connectivity index (χ1v) is 8.76. The number of nitrogens with zero attached hydrogens (tertiary/aromatic N) is 2. The van der Waals surface area contributed by atoms with Gasteiger partial charge >= 0.3 is 0 Å². The number of amides is 1. The second-order valence-electron chi connectivity index (χ2n) is 5.47. The number of carbonyl (C=O) groups is 1. The fourth-order valence-corrected chi connectivity index (χ4v) is 4.16. The number of hydrogen-bond donors (Lipinski definition) is 1. The first-order valence-electron chi connectivity index (χ1n) is 7.19. The Morgan fingerprint density at radius 1 is 1.29 bits per heavy atom. The molecule has 1 aliphatic carbocycles. The number of carbonyl (C=O) groups excluding carboxylic acids is 1. The maximum absolute atomic E-state index is 13.0. The second-order valence-corrected chi connectivity index (χ2v) is 7.28. The van der Waals surface area contributed by atoms with E-state index in [1.807, 2.05) is 0 Å². The monoisotopic (exact) mass is 381 g/mol. The van der Waals surface area contributed by atoms with Crippen molar-refractivity contribution in [3.05, 3.63) is 40.5 Å². The number of pyridine rings is 1. The van der Waals surface area contributed by atoms with Crippen molar-refractivity contribution in [1.82, 2.24) is 9.97 Å². The van der Waals surface area contributed by atoms with Gasteiger partial charge in [0.25, 0.3) is 0 Å². The van der Waals surface area contributed by atoms with E-state index in [0.29, 0.717) is 36.7 Å². The van der Waals surface area contributed by atoms with Crippen LogP contribution in [0.25, 0.3) is 20.8 Å². The van der Waals surface area contributed by atoms with E-state index in [9.17, 15) is 9.18 Å². The summed E-state index contributed by atoms with van der Waals surface area (Å²) in [5.41, 5.74) is 1.31. The van der Waals surface area contributed by atoms with Crippen LogP contribution in [-0.2, 0) is 4.79 Å². The topological polar surface area (TPSA) is 54.9 Å². The third kappa shape index (κ3) is 2.75. The lowest BCUT2D eigenvalue weighted by Crippen LogP contribution is -2.15. The van der Waals surface area contributed by atoms with Crippen LogP contribution in [0.15, 0.2) is 30.5 Å². The molecular formula is C16H10Cl2FN3OS. The minimum Gasteiger partial charge on any atom is -0.309 e. The van der Waals surface area contributed by atoms with Crippen LogP contribution in [0.1, 0.15) is 6.42 Å². The number of aromatic nitrogens is 2. The number of anilines is 1. The van der Waals surface area contributed by atoms with Crippen molar-refractivity contribution >= 4 is 56.5 Å². The van der Waals surface area contributed by atoms with E-state index < -0.39 is 12.1 Å². The third-order valence-corrected chi connectivity index (χ3v) is 5.50. The van der Waals surface area contributed by atoms with Gasteiger partial charge in [-0.1, -0.05) is 29.3 Å². The van der Waals surface area contributed by atoms with Crippen molar-refractivity contribution in [2.75, 3.05) is 5.32 Å². The summed E-state index contributed by atoms with van der Waals surface area (Å²) >= 11 is 13.8. The molecule has 0 radical (unpaired) electrons. The molecular weight excluding hydrogens is 372 g/mol. The van der Waals surface area contributed by atoms with Crippen LogP contribution in [0.3, 0.4) is 0 Å². The molecule has 0 unspecified atom stereocenters. The van der Waals surface area contributed by atoms with Crippen molar-refractivity contribution in [1.29, 1.82) is 0 Å². The van der Waals surface area contributed by atoms with Crippen LogP contribution in [0.2, 0.25) is 10.0 Å². The van der Waals surface area contributed by atoms with E-state index in [4.69, 9.17) is 23.2 Å². The average molecular weight is 382 g/mol. The van der Waals surface area contributed by atoms with Crippen molar-refractivity contribution in [2.45, 2.75) is 12.6 Å². The molecule has 1 aliphatic rings. The van der Waals surface area contributed by atoms with Crippen LogP contribution < -0.4 is 5.32 Å². The van der Waals surface area contributed by atoms with Gasteiger partial charge in [0.15, 0.2) is 5.82 Å². The van der Waals surface area contributed by atoms with Gasteiger partial charge in [-0.25, -0.2) is 14.4 Å². The molecule has 8 heteroatoms. The molecule has 1 aromatic carbocycles. The molecule has 3 aromatic rings. The summed E-state index contributed by atoms with van der Waals surface area (Å²) in [5, 5.41) is 4.32. The first-order chi connectivity index (χ1) is 11.5. The number of fused-ring (bicyclic) bond motifs is 1. The summed E-state index contributed by atoms with van der Waals surface area (Å²) in [6, 6.07) is 6.98. The van der Waals surface area contributed by atoms with Crippen LogP contribution in [0.4, 0.5) is 10.2 Å². The summed E-state index contributed by atoms with van der Waals surface area (Å²) in [5.74, 6) is -0.552. The Morgan fingerprint density at radius 2 is 2.00 bits per heavy atom. The van der Waals surface area contributed by atoms with Gasteiger partial charge in [-0.2, -0.15) is 0 Å². The SMILES string of the molecule is O=C(Nc1nccc2nc(-c3c(Cl)cccc3Cl)sc12)[C@@H]1C[C@@H]1F. The summed E-state index contributed by atoms with van der Waals surface area (Å²) in [4.78, 5) is 20.7. The average Bonchev–Trinajstić information content (AvgIpc) is 3.11. The maximum Gasteiger partial charge on any atom is 0.231 e. The quantitative estimate of drug-likeness (QED) is 0.697. The minimum absolute atomic E-state index is 0.269. The standard InChI is InChI=1S/C16H10Cl2FN3OS/c17-8-2-1-3-9(18)12(8)16-21-11-4-5-20-14(13(11)24-16)22-15(23)7-6-10(7)19/h1-5,7,10H,6H2,(H,20,22,23)/t7-,10+/m1/s1. The van der Waals surface area contributed by atoms with Gasteiger partial charge in [0.2, 0.25) is 5.91 Å². The van der Waals surface area contributed by atoms with Crippen molar-refractivity contribution in [3.8, 4) is 10.6 Å². The lowest BCUT2D eigenvalue weighted by atomic mass is 10.2. The second kappa shape index (κ2) is 5.95. The number of hydrogen-bond acceptors (Lipinski definition) is 4. The summed E-state index contributed by atoms with van der Waals surface area (Å²) in [7, 11) is 0. The number of nitrogens with one attached hydrogen (secondary N) is 1. The fourth-order valence-electron chi connectivity index (χ4n) is 2.40. The van der Waals surface area contributed by atoms with Gasteiger partial charge in [-0.15, -0.1) is 11.3 Å². The number of alkyl halides is 1. The molecule has 1 N–H and O–H groups in total. The molecule has 2 aromatic heterocycles. The summed E-state index contributed by atoms with van der Waals surface area (Å²) < 4.78 is 13.7. The molecule has 2 heterocycles. The zero-order chi connectivity index (χ0) is 16.8. The molecule has 0 aliphatic heterocycles. The number of rotatable bonds is 3. The number of thiazole rings is 1. The van der Waals surface area contributed by atoms with Crippen LogP contribution >= 0.6 is 34.5 Å². The lowest BCUT2D eigenvalue weighted by Gasteiger charge is -2.03. The van der Waals surface area contributed by atoms with Crippen molar-refractivity contribution in [3.63, 3.8) is 0 Å². The first kappa shape index (κ1) is 15.7. The van der Waals surface area contributed by atoms with Crippen molar-refractivity contribution < 1.29 is 9.18 Å². The van der Waals surface area contributed by atoms with Crippen molar-refractivity contribution in [2.24, 2.45) is 5.92 Å². The molecule has 0 saturated heterocycles. The highest BCUT2D eigenvalue weighted by molar-refractivity contribution is 7.22. The minimum atomic E-state index is -1.05. The zero-order valence-electron chi connectivity index (χ0n) is 12.1. The molecule has 1 amide bonds. The molecule has 1 saturated carbocycles. The lowest BCUT2D eigenvalue weighted by molar-refractivity contribution is -0.117. The molecule has 0 spiro atoms. The Balaban J connectivity index is 1.76. The van der Waals surface area contributed by atoms with E-state index >= 15 is 0 Å². The number of halogens is 3. The van der Waals surface area contributed by atoms with E-state index in [1.165, 1.54) is 11.3 Å². The predicted molar refractivity (Wildman–Crippen MR) is 94.5 cm³/mol. The number of benzene rings is 1. The molecule has 0 bridgehead atoms. The molecule has 4 rings (SSSR count). The molecule has 122 valence electrons. The van der Waals surface area contributed by atoms with E-state index in [2.05, 4.69) is 15.3 Å². The van der Waals surface area contributed by atoms with E-state index in [0.717, 1.165) is 0 Å². The Bertz CT molecular complexity index is 941. The Morgan fingerprint density at radius 3 is 2.67 bits per heavy atom. The maximum atomic E-state index is 13.0.